The number of carbonyl (C=O) groups is 1. The molecule has 0 aromatic heterocycles. The predicted octanol–water partition coefficient (Wildman–Crippen LogP) is 1.96. The van der Waals surface area contributed by atoms with Crippen molar-refractivity contribution in [3.8, 4) is 5.75 Å². The van der Waals surface area contributed by atoms with Crippen LogP contribution in [0, 0.1) is 5.82 Å². The lowest BCUT2D eigenvalue weighted by Gasteiger charge is -2.14. The lowest BCUT2D eigenvalue weighted by atomic mass is 10.0. The Hall–Kier alpha value is -1.33. The Kier molecular flexibility index (Phi) is 4.09. The number of aliphatic carboxylic acids is 1. The predicted molar refractivity (Wildman–Crippen MR) is 57.1 cm³/mol. The summed E-state index contributed by atoms with van der Waals surface area (Å²) >= 11 is 5.77. The lowest BCUT2D eigenvalue weighted by Crippen LogP contribution is -2.17. The minimum absolute atomic E-state index is 0.0137. The molecule has 4 nitrogen and oxygen atoms in total. The Morgan fingerprint density at radius 2 is 2.31 bits per heavy atom. The first-order chi connectivity index (χ1) is 7.47. The van der Waals surface area contributed by atoms with Crippen molar-refractivity contribution in [1.29, 1.82) is 0 Å². The molecule has 0 saturated heterocycles. The average molecular weight is 248 g/mol. The Balaban J connectivity index is 3.15. The summed E-state index contributed by atoms with van der Waals surface area (Å²) in [5.74, 6) is -1.85. The quantitative estimate of drug-likeness (QED) is 0.853. The van der Waals surface area contributed by atoms with Crippen molar-refractivity contribution in [2.45, 2.75) is 12.5 Å². The second-order valence-corrected chi connectivity index (χ2v) is 3.59. The maximum Gasteiger partial charge on any atom is 0.305 e. The van der Waals surface area contributed by atoms with Gasteiger partial charge in [-0.3, -0.25) is 4.79 Å². The average Bonchev–Trinajstić information content (AvgIpc) is 2.16. The number of nitrogens with two attached hydrogens (primary N) is 1. The van der Waals surface area contributed by atoms with Crippen LogP contribution in [0.4, 0.5) is 4.39 Å². The summed E-state index contributed by atoms with van der Waals surface area (Å²) < 4.78 is 18.5. The molecule has 88 valence electrons. The van der Waals surface area contributed by atoms with Gasteiger partial charge in [-0.1, -0.05) is 11.6 Å². The standard InChI is InChI=1S/C10H11ClFNO3/c1-16-7-3-2-5(11)9(10(7)12)6(13)4-8(14)15/h2-3,6H,4,13H2,1H3,(H,14,15). The molecule has 1 unspecified atom stereocenters. The molecule has 3 N–H and O–H groups in total. The molecule has 0 aliphatic carbocycles. The largest absolute Gasteiger partial charge is 0.494 e. The van der Waals surface area contributed by atoms with E-state index in [0.29, 0.717) is 0 Å². The lowest BCUT2D eigenvalue weighted by molar-refractivity contribution is -0.137. The van der Waals surface area contributed by atoms with E-state index in [2.05, 4.69) is 0 Å². The highest BCUT2D eigenvalue weighted by Crippen LogP contribution is 2.31. The molecule has 1 rings (SSSR count). The molecule has 0 amide bonds. The first-order valence-corrected chi connectivity index (χ1v) is 4.84. The molecule has 0 heterocycles. The van der Waals surface area contributed by atoms with Gasteiger partial charge in [-0.15, -0.1) is 0 Å². The van der Waals surface area contributed by atoms with Crippen molar-refractivity contribution in [1.82, 2.24) is 0 Å². The molecule has 16 heavy (non-hydrogen) atoms. The molecular weight excluding hydrogens is 237 g/mol. The number of carboxylic acid groups (broad SMARTS) is 1. The van der Waals surface area contributed by atoms with Gasteiger partial charge in [0.15, 0.2) is 11.6 Å². The van der Waals surface area contributed by atoms with Gasteiger partial charge in [-0.25, -0.2) is 4.39 Å². The number of benzene rings is 1. The van der Waals surface area contributed by atoms with Gasteiger partial charge in [0.25, 0.3) is 0 Å². The molecular formula is C10H11ClFNO3. The molecule has 1 aromatic rings. The monoisotopic (exact) mass is 247 g/mol. The van der Waals surface area contributed by atoms with Gasteiger partial charge < -0.3 is 15.6 Å². The van der Waals surface area contributed by atoms with Crippen molar-refractivity contribution >= 4 is 17.6 Å². The third-order valence-corrected chi connectivity index (χ3v) is 2.41. The summed E-state index contributed by atoms with van der Waals surface area (Å²) in [5.41, 5.74) is 5.52. The van der Waals surface area contributed by atoms with Crippen molar-refractivity contribution in [2.75, 3.05) is 7.11 Å². The van der Waals surface area contributed by atoms with Crippen LogP contribution in [-0.2, 0) is 4.79 Å². The van der Waals surface area contributed by atoms with Crippen molar-refractivity contribution in [3.05, 3.63) is 28.5 Å². The van der Waals surface area contributed by atoms with Crippen molar-refractivity contribution < 1.29 is 19.0 Å². The van der Waals surface area contributed by atoms with Crippen molar-refractivity contribution in [2.24, 2.45) is 5.73 Å². The van der Waals surface area contributed by atoms with Gasteiger partial charge in [0.05, 0.1) is 13.5 Å². The van der Waals surface area contributed by atoms with Crippen LogP contribution in [0.2, 0.25) is 5.02 Å². The van der Waals surface area contributed by atoms with E-state index in [1.807, 2.05) is 0 Å². The van der Waals surface area contributed by atoms with E-state index in [1.54, 1.807) is 0 Å². The summed E-state index contributed by atoms with van der Waals surface area (Å²) in [6.45, 7) is 0. The maximum atomic E-state index is 13.8. The smallest absolute Gasteiger partial charge is 0.305 e. The second kappa shape index (κ2) is 5.14. The van der Waals surface area contributed by atoms with Crippen LogP contribution in [-0.4, -0.2) is 18.2 Å². The van der Waals surface area contributed by atoms with Crippen LogP contribution >= 0.6 is 11.6 Å². The van der Waals surface area contributed by atoms with E-state index in [0.717, 1.165) is 0 Å². The highest BCUT2D eigenvalue weighted by Gasteiger charge is 2.21. The topological polar surface area (TPSA) is 72.5 Å². The van der Waals surface area contributed by atoms with Crippen LogP contribution in [0.3, 0.4) is 0 Å². The number of carboxylic acids is 1. The summed E-state index contributed by atoms with van der Waals surface area (Å²) in [5, 5.41) is 8.67. The van der Waals surface area contributed by atoms with E-state index in [1.165, 1.54) is 19.2 Å². The number of halogens is 2. The van der Waals surface area contributed by atoms with E-state index < -0.39 is 24.2 Å². The molecule has 6 heteroatoms. The van der Waals surface area contributed by atoms with Crippen LogP contribution in [0.1, 0.15) is 18.0 Å². The zero-order chi connectivity index (χ0) is 12.3. The van der Waals surface area contributed by atoms with Gasteiger partial charge in [-0.2, -0.15) is 0 Å². The Morgan fingerprint density at radius 1 is 1.69 bits per heavy atom. The number of hydrogen-bond donors (Lipinski definition) is 2. The third kappa shape index (κ3) is 2.62. The normalized spacial score (nSPS) is 12.2. The van der Waals surface area contributed by atoms with Crippen LogP contribution in [0.15, 0.2) is 12.1 Å². The van der Waals surface area contributed by atoms with Crippen LogP contribution in [0.5, 0.6) is 5.75 Å². The molecule has 0 aliphatic heterocycles. The number of ether oxygens (including phenoxy) is 1. The molecule has 0 bridgehead atoms. The van der Waals surface area contributed by atoms with Crippen molar-refractivity contribution in [3.63, 3.8) is 0 Å². The second-order valence-electron chi connectivity index (χ2n) is 3.18. The molecule has 0 aliphatic rings. The maximum absolute atomic E-state index is 13.8. The Bertz CT molecular complexity index is 411. The molecule has 0 fully saturated rings. The third-order valence-electron chi connectivity index (χ3n) is 2.08. The molecule has 0 spiro atoms. The van der Waals surface area contributed by atoms with Gasteiger partial charge in [0.2, 0.25) is 0 Å². The SMILES string of the molecule is COc1ccc(Cl)c(C(N)CC(=O)O)c1F. The minimum atomic E-state index is -1.12. The highest BCUT2D eigenvalue weighted by molar-refractivity contribution is 6.31. The van der Waals surface area contributed by atoms with E-state index >= 15 is 0 Å². The van der Waals surface area contributed by atoms with E-state index in [-0.39, 0.29) is 16.3 Å². The summed E-state index contributed by atoms with van der Waals surface area (Å²) in [7, 11) is 1.30. The van der Waals surface area contributed by atoms with Gasteiger partial charge in [0, 0.05) is 16.6 Å². The summed E-state index contributed by atoms with van der Waals surface area (Å²) in [4.78, 5) is 10.5. The first-order valence-electron chi connectivity index (χ1n) is 4.46. The summed E-state index contributed by atoms with van der Waals surface area (Å²) in [6, 6.07) is 1.77. The zero-order valence-electron chi connectivity index (χ0n) is 8.54. The molecule has 0 radical (unpaired) electrons. The van der Waals surface area contributed by atoms with Crippen LogP contribution < -0.4 is 10.5 Å². The summed E-state index contributed by atoms with van der Waals surface area (Å²) in [6.07, 6.45) is -0.399. The number of methoxy groups -OCH3 is 1. The zero-order valence-corrected chi connectivity index (χ0v) is 9.29. The molecule has 0 saturated carbocycles. The number of rotatable bonds is 4. The fourth-order valence-corrected chi connectivity index (χ4v) is 1.62. The van der Waals surface area contributed by atoms with Crippen LogP contribution in [0.25, 0.3) is 0 Å². The first kappa shape index (κ1) is 12.7. The minimum Gasteiger partial charge on any atom is -0.494 e. The molecule has 1 atom stereocenters. The van der Waals surface area contributed by atoms with Gasteiger partial charge >= 0.3 is 5.97 Å². The fourth-order valence-electron chi connectivity index (χ4n) is 1.34. The van der Waals surface area contributed by atoms with Gasteiger partial charge in [0.1, 0.15) is 0 Å². The molecule has 1 aromatic carbocycles. The highest BCUT2D eigenvalue weighted by atomic mass is 35.5. The fraction of sp³-hybridized carbons (Fsp3) is 0.300. The van der Waals surface area contributed by atoms with E-state index in [9.17, 15) is 9.18 Å². The number of hydrogen-bond acceptors (Lipinski definition) is 3. The van der Waals surface area contributed by atoms with E-state index in [4.69, 9.17) is 27.2 Å². The van der Waals surface area contributed by atoms with Gasteiger partial charge in [-0.05, 0) is 12.1 Å². The Labute approximate surface area is 96.8 Å². The Morgan fingerprint density at radius 3 is 2.81 bits per heavy atom.